The van der Waals surface area contributed by atoms with E-state index in [0.717, 1.165) is 73.5 Å². The molecule has 2 aromatic rings. The number of fused-ring (bicyclic) bond motifs is 6. The highest BCUT2D eigenvalue weighted by molar-refractivity contribution is 6.23. The zero-order valence-electron chi connectivity index (χ0n) is 24.8. The van der Waals surface area contributed by atoms with E-state index in [2.05, 4.69) is 62.5 Å². The fraction of sp³-hybridized carbons (Fsp3) is 0.412. The first-order chi connectivity index (χ1) is 19.7. The molecule has 4 atom stereocenters. The summed E-state index contributed by atoms with van der Waals surface area (Å²) in [6.45, 7) is 14.7. The van der Waals surface area contributed by atoms with E-state index in [1.165, 1.54) is 12.7 Å². The Kier molecular flexibility index (Phi) is 6.71. The maximum absolute atomic E-state index is 13.5. The molecule has 0 fully saturated rings. The van der Waals surface area contributed by atoms with Crippen LogP contribution in [-0.4, -0.2) is 46.3 Å². The Labute approximate surface area is 240 Å². The molecule has 6 rings (SSSR count). The van der Waals surface area contributed by atoms with Gasteiger partial charge in [-0.3, -0.25) is 14.6 Å². The molecule has 0 saturated heterocycles. The highest BCUT2D eigenvalue weighted by Gasteiger charge is 2.46. The van der Waals surface area contributed by atoms with Crippen molar-refractivity contribution in [2.24, 2.45) is 21.8 Å². The summed E-state index contributed by atoms with van der Waals surface area (Å²) in [6.07, 6.45) is 10.5. The van der Waals surface area contributed by atoms with Crippen molar-refractivity contribution in [3.63, 3.8) is 0 Å². The van der Waals surface area contributed by atoms with Gasteiger partial charge in [0, 0.05) is 63.6 Å². The number of carbonyl (C=O) groups excluding carboxylic acids is 2. The molecule has 2 N–H and O–H groups in total. The minimum Gasteiger partial charge on any atom is -0.469 e. The number of rotatable bonds is 5. The van der Waals surface area contributed by atoms with Gasteiger partial charge in [-0.1, -0.05) is 26.5 Å². The maximum atomic E-state index is 13.5. The molecular weight excluding hydrogens is 512 g/mol. The fourth-order valence-corrected chi connectivity index (χ4v) is 7.31. The van der Waals surface area contributed by atoms with Gasteiger partial charge < -0.3 is 14.7 Å². The quantitative estimate of drug-likeness (QED) is 0.507. The van der Waals surface area contributed by atoms with Crippen molar-refractivity contribution in [3.05, 3.63) is 67.8 Å². The first kappa shape index (κ1) is 27.2. The Bertz CT molecular complexity index is 1760. The molecule has 1 aliphatic carbocycles. The normalized spacial score (nSPS) is 24.5. The zero-order valence-corrected chi connectivity index (χ0v) is 24.8. The summed E-state index contributed by atoms with van der Waals surface area (Å²) in [7, 11) is 1.43. The van der Waals surface area contributed by atoms with Crippen molar-refractivity contribution in [1.82, 2.24) is 9.97 Å². The minimum atomic E-state index is -0.220. The second-order valence-corrected chi connectivity index (χ2v) is 11.8. The largest absolute Gasteiger partial charge is 0.469 e. The third-order valence-electron chi connectivity index (χ3n) is 9.71. The molecule has 7 nitrogen and oxygen atoms in total. The molecule has 7 heteroatoms. The van der Waals surface area contributed by atoms with Crippen LogP contribution in [0, 0.1) is 25.7 Å². The topological polar surface area (TPSA) is 99.7 Å². The highest BCUT2D eigenvalue weighted by atomic mass is 16.5. The van der Waals surface area contributed by atoms with E-state index in [-0.39, 0.29) is 35.5 Å². The molecular formula is C34H38N4O3. The van der Waals surface area contributed by atoms with Crippen molar-refractivity contribution in [2.45, 2.75) is 72.3 Å². The lowest BCUT2D eigenvalue weighted by Crippen LogP contribution is -2.27. The van der Waals surface area contributed by atoms with Gasteiger partial charge in [0.05, 0.1) is 24.6 Å². The second kappa shape index (κ2) is 10.1. The number of allylic oxidation sites excluding steroid dienone is 2. The molecule has 0 aromatic carbocycles. The Morgan fingerprint density at radius 2 is 1.93 bits per heavy atom. The fourth-order valence-electron chi connectivity index (χ4n) is 7.31. The smallest absolute Gasteiger partial charge is 0.305 e. The summed E-state index contributed by atoms with van der Waals surface area (Å²) in [5, 5.41) is 1.96. The van der Waals surface area contributed by atoms with Gasteiger partial charge >= 0.3 is 5.97 Å². The van der Waals surface area contributed by atoms with E-state index < -0.39 is 0 Å². The average Bonchev–Trinajstić information content (AvgIpc) is 3.70. The van der Waals surface area contributed by atoms with Crippen molar-refractivity contribution >= 4 is 47.5 Å². The Balaban J connectivity index is 1.61. The molecule has 2 aromatic heterocycles. The van der Waals surface area contributed by atoms with Crippen molar-refractivity contribution < 1.29 is 14.3 Å². The van der Waals surface area contributed by atoms with Crippen LogP contribution in [0.25, 0.3) is 24.3 Å². The van der Waals surface area contributed by atoms with Crippen LogP contribution >= 0.6 is 0 Å². The predicted octanol–water partition coefficient (Wildman–Crippen LogP) is 5.10. The van der Waals surface area contributed by atoms with Crippen LogP contribution in [0.4, 0.5) is 0 Å². The van der Waals surface area contributed by atoms with Crippen LogP contribution in [0.2, 0.25) is 0 Å². The van der Waals surface area contributed by atoms with Crippen molar-refractivity contribution in [1.29, 1.82) is 0 Å². The predicted molar refractivity (Wildman–Crippen MR) is 165 cm³/mol. The molecule has 0 spiro atoms. The van der Waals surface area contributed by atoms with Crippen LogP contribution < -0.4 is 10.7 Å². The molecule has 41 heavy (non-hydrogen) atoms. The van der Waals surface area contributed by atoms with E-state index in [0.29, 0.717) is 19.3 Å². The van der Waals surface area contributed by atoms with Crippen molar-refractivity contribution in [3.8, 4) is 0 Å². The number of methoxy groups -OCH3 is 1. The third kappa shape index (κ3) is 4.25. The number of ketones is 1. The van der Waals surface area contributed by atoms with E-state index >= 15 is 0 Å². The number of aromatic amines is 2. The summed E-state index contributed by atoms with van der Waals surface area (Å²) in [4.78, 5) is 43.3. The lowest BCUT2D eigenvalue weighted by atomic mass is 9.78. The summed E-state index contributed by atoms with van der Waals surface area (Å²) in [5.41, 5.74) is 11.0. The molecule has 0 saturated carbocycles. The number of nitrogens with zero attached hydrogens (tertiary/aromatic N) is 2. The number of carbonyl (C=O) groups is 2. The molecule has 0 radical (unpaired) electrons. The SMILES string of the molecule is C=Cc1c(C)c2[nH]c1=CC1=NC(=Cc3[nH]c4c(c3C)C(=O)CC4C3N=C(C=2)[C@@H](C)[C@@H]3CCC(=O)OC)C(CC)=C1C. The van der Waals surface area contributed by atoms with Crippen molar-refractivity contribution in [2.75, 3.05) is 7.11 Å². The van der Waals surface area contributed by atoms with Gasteiger partial charge in [-0.15, -0.1) is 0 Å². The standard InChI is InChI=1S/C34H38N4O3/c1-8-20-16(3)24-13-26-18(5)22(10-11-31(40)41-7)33(37-26)23-12-30(39)32-19(6)27(38-34(23)32)15-29-21(9-2)17(4)25(36-29)14-28(20)35-24/h8,13-15,18,22-23,33,35,38H,1,9-12H2,2-7H3/t18-,22-,23?,33?/m0/s1. The molecule has 5 heterocycles. The summed E-state index contributed by atoms with van der Waals surface area (Å²) in [5.74, 6) is 0.0712. The Hall–Kier alpha value is -4.00. The summed E-state index contributed by atoms with van der Waals surface area (Å²) in [6, 6.07) is -0.123. The van der Waals surface area contributed by atoms with Gasteiger partial charge in [0.1, 0.15) is 0 Å². The van der Waals surface area contributed by atoms with Gasteiger partial charge in [-0.05, 0) is 80.0 Å². The zero-order chi connectivity index (χ0) is 29.2. The number of nitrogens with one attached hydrogen (secondary N) is 2. The van der Waals surface area contributed by atoms with Gasteiger partial charge in [0.2, 0.25) is 0 Å². The monoisotopic (exact) mass is 550 g/mol. The third-order valence-corrected chi connectivity index (χ3v) is 9.71. The minimum absolute atomic E-state index is 0.0739. The van der Waals surface area contributed by atoms with E-state index in [9.17, 15) is 9.59 Å². The lowest BCUT2D eigenvalue weighted by molar-refractivity contribution is -0.141. The molecule has 2 unspecified atom stereocenters. The number of H-pyrrole nitrogens is 2. The second-order valence-electron chi connectivity index (χ2n) is 11.8. The molecule has 0 amide bonds. The van der Waals surface area contributed by atoms with Gasteiger partial charge in [-0.2, -0.15) is 0 Å². The van der Waals surface area contributed by atoms with Crippen LogP contribution in [-0.2, 0) is 9.53 Å². The Morgan fingerprint density at radius 1 is 1.15 bits per heavy atom. The first-order valence-corrected chi connectivity index (χ1v) is 14.6. The molecule has 8 bridgehead atoms. The highest BCUT2D eigenvalue weighted by Crippen LogP contribution is 2.47. The first-order valence-electron chi connectivity index (χ1n) is 14.6. The molecule has 4 aliphatic rings. The van der Waals surface area contributed by atoms with Gasteiger partial charge in [-0.25, -0.2) is 4.99 Å². The number of ether oxygens (including phenoxy) is 1. The Morgan fingerprint density at radius 3 is 2.63 bits per heavy atom. The lowest BCUT2D eigenvalue weighted by Gasteiger charge is -2.26. The average molecular weight is 551 g/mol. The summed E-state index contributed by atoms with van der Waals surface area (Å²) < 4.78 is 4.98. The van der Waals surface area contributed by atoms with E-state index in [1.807, 2.05) is 13.0 Å². The number of aliphatic imine (C=N–C) groups is 2. The number of esters is 1. The van der Waals surface area contributed by atoms with Crippen LogP contribution in [0.1, 0.15) is 90.8 Å². The molecule has 3 aliphatic heterocycles. The van der Waals surface area contributed by atoms with Crippen LogP contribution in [0.15, 0.2) is 33.4 Å². The van der Waals surface area contributed by atoms with E-state index in [4.69, 9.17) is 14.7 Å². The number of hydrogen-bond acceptors (Lipinski definition) is 5. The number of hydrogen-bond donors (Lipinski definition) is 2. The molecule has 212 valence electrons. The van der Waals surface area contributed by atoms with E-state index in [1.54, 1.807) is 0 Å². The maximum Gasteiger partial charge on any atom is 0.305 e. The summed E-state index contributed by atoms with van der Waals surface area (Å²) >= 11 is 0. The van der Waals surface area contributed by atoms with Gasteiger partial charge in [0.25, 0.3) is 0 Å². The van der Waals surface area contributed by atoms with Crippen LogP contribution in [0.5, 0.6) is 0 Å². The van der Waals surface area contributed by atoms with Gasteiger partial charge in [0.15, 0.2) is 5.78 Å². The van der Waals surface area contributed by atoms with Crippen LogP contribution in [0.3, 0.4) is 0 Å². The number of Topliss-reactive ketones (excluding diaryl/α,β-unsaturated/α-hetero) is 1. The number of aromatic nitrogens is 2.